The molecule has 0 spiro atoms. The number of aryl methyl sites for hydroxylation is 2. The largest absolute Gasteiger partial charge is 0.327 e. The highest BCUT2D eigenvalue weighted by molar-refractivity contribution is 6.31. The highest BCUT2D eigenvalue weighted by Gasteiger charge is 2.38. The Morgan fingerprint density at radius 2 is 2.05 bits per heavy atom. The molecule has 2 rings (SSSR count). The van der Waals surface area contributed by atoms with Crippen molar-refractivity contribution < 1.29 is 0 Å². The van der Waals surface area contributed by atoms with E-state index in [0.29, 0.717) is 12.0 Å². The maximum Gasteiger partial charge on any atom is 0.0847 e. The summed E-state index contributed by atoms with van der Waals surface area (Å²) >= 11 is 6.48. The molecule has 3 atom stereocenters. The van der Waals surface area contributed by atoms with Crippen molar-refractivity contribution >= 4 is 11.6 Å². The first kappa shape index (κ1) is 16.8. The number of aromatic nitrogens is 2. The van der Waals surface area contributed by atoms with Gasteiger partial charge in [0.25, 0.3) is 0 Å². The fourth-order valence-electron chi connectivity index (χ4n) is 4.00. The molecule has 1 heterocycles. The van der Waals surface area contributed by atoms with Crippen molar-refractivity contribution in [2.45, 2.75) is 72.9 Å². The number of hydrogen-bond donors (Lipinski definition) is 1. The van der Waals surface area contributed by atoms with Crippen LogP contribution in [0.15, 0.2) is 0 Å². The number of nitrogens with zero attached hydrogens (tertiary/aromatic N) is 2. The zero-order chi connectivity index (χ0) is 15.8. The summed E-state index contributed by atoms with van der Waals surface area (Å²) in [7, 11) is 0. The van der Waals surface area contributed by atoms with E-state index in [9.17, 15) is 0 Å². The first-order chi connectivity index (χ1) is 9.76. The second kappa shape index (κ2) is 6.29. The van der Waals surface area contributed by atoms with Crippen molar-refractivity contribution in [3.63, 3.8) is 0 Å². The SMILES string of the molecule is CCn1nc(C)c(Cl)c1CC(C)(C)C1CCC(C)CC1N. The van der Waals surface area contributed by atoms with Crippen LogP contribution < -0.4 is 5.73 Å². The van der Waals surface area contributed by atoms with E-state index in [1.165, 1.54) is 18.5 Å². The van der Waals surface area contributed by atoms with Crippen LogP contribution in [0.5, 0.6) is 0 Å². The van der Waals surface area contributed by atoms with Crippen LogP contribution >= 0.6 is 11.6 Å². The highest BCUT2D eigenvalue weighted by Crippen LogP contribution is 2.42. The molecule has 21 heavy (non-hydrogen) atoms. The van der Waals surface area contributed by atoms with E-state index in [2.05, 4.69) is 37.5 Å². The summed E-state index contributed by atoms with van der Waals surface area (Å²) in [5, 5.41) is 5.38. The van der Waals surface area contributed by atoms with Gasteiger partial charge in [0.1, 0.15) is 0 Å². The minimum absolute atomic E-state index is 0.155. The molecule has 4 heteroatoms. The fraction of sp³-hybridized carbons (Fsp3) is 0.824. The maximum absolute atomic E-state index is 6.48. The average Bonchev–Trinajstić information content (AvgIpc) is 2.65. The van der Waals surface area contributed by atoms with Crippen LogP contribution in [0.4, 0.5) is 0 Å². The van der Waals surface area contributed by atoms with Gasteiger partial charge in [0.15, 0.2) is 0 Å². The first-order valence-electron chi connectivity index (χ1n) is 8.23. The van der Waals surface area contributed by atoms with Crippen molar-refractivity contribution in [1.82, 2.24) is 9.78 Å². The van der Waals surface area contributed by atoms with E-state index in [1.54, 1.807) is 0 Å². The summed E-state index contributed by atoms with van der Waals surface area (Å²) in [5.41, 5.74) is 8.73. The van der Waals surface area contributed by atoms with Gasteiger partial charge in [-0.1, -0.05) is 38.8 Å². The fourth-order valence-corrected chi connectivity index (χ4v) is 4.20. The molecule has 1 aromatic rings. The lowest BCUT2D eigenvalue weighted by atomic mass is 9.65. The van der Waals surface area contributed by atoms with Gasteiger partial charge >= 0.3 is 0 Å². The van der Waals surface area contributed by atoms with Crippen LogP contribution in [-0.2, 0) is 13.0 Å². The van der Waals surface area contributed by atoms with Gasteiger partial charge < -0.3 is 5.73 Å². The molecule has 1 aliphatic carbocycles. The third-order valence-corrected chi connectivity index (χ3v) is 5.73. The summed E-state index contributed by atoms with van der Waals surface area (Å²) in [5.74, 6) is 1.32. The van der Waals surface area contributed by atoms with Crippen molar-refractivity contribution in [3.05, 3.63) is 16.4 Å². The van der Waals surface area contributed by atoms with Crippen molar-refractivity contribution in [1.29, 1.82) is 0 Å². The molecule has 3 unspecified atom stereocenters. The minimum atomic E-state index is 0.155. The lowest BCUT2D eigenvalue weighted by Crippen LogP contribution is -2.44. The minimum Gasteiger partial charge on any atom is -0.327 e. The second-order valence-electron chi connectivity index (χ2n) is 7.52. The van der Waals surface area contributed by atoms with Gasteiger partial charge in [0.05, 0.1) is 16.4 Å². The molecule has 120 valence electrons. The van der Waals surface area contributed by atoms with Gasteiger partial charge in [-0.3, -0.25) is 4.68 Å². The quantitative estimate of drug-likeness (QED) is 0.905. The monoisotopic (exact) mass is 311 g/mol. The topological polar surface area (TPSA) is 43.8 Å². The van der Waals surface area contributed by atoms with Gasteiger partial charge in [-0.25, -0.2) is 0 Å². The van der Waals surface area contributed by atoms with Gasteiger partial charge in [-0.15, -0.1) is 0 Å². The predicted octanol–water partition coefficient (Wildman–Crippen LogP) is 4.20. The standard InChI is InChI=1S/C17H30ClN3/c1-6-21-15(16(18)12(3)20-21)10-17(4,5)13-8-7-11(2)9-14(13)19/h11,13-14H,6-10,19H2,1-5H3. The molecule has 1 aliphatic rings. The van der Waals surface area contributed by atoms with Crippen LogP contribution in [0.3, 0.4) is 0 Å². The Morgan fingerprint density at radius 3 is 2.62 bits per heavy atom. The van der Waals surface area contributed by atoms with Crippen molar-refractivity contribution in [2.75, 3.05) is 0 Å². The normalized spacial score (nSPS) is 27.1. The van der Waals surface area contributed by atoms with Crippen molar-refractivity contribution in [3.8, 4) is 0 Å². The molecule has 0 amide bonds. The number of nitrogens with two attached hydrogens (primary N) is 1. The molecule has 0 bridgehead atoms. The first-order valence-corrected chi connectivity index (χ1v) is 8.61. The van der Waals surface area contributed by atoms with Crippen LogP contribution in [0.2, 0.25) is 5.02 Å². The van der Waals surface area contributed by atoms with E-state index in [1.807, 2.05) is 6.92 Å². The molecular formula is C17H30ClN3. The van der Waals surface area contributed by atoms with E-state index in [-0.39, 0.29) is 5.41 Å². The maximum atomic E-state index is 6.48. The Morgan fingerprint density at radius 1 is 1.38 bits per heavy atom. The Bertz CT molecular complexity index is 492. The highest BCUT2D eigenvalue weighted by atomic mass is 35.5. The molecular weight excluding hydrogens is 282 g/mol. The van der Waals surface area contributed by atoms with Gasteiger partial charge in [-0.05, 0) is 50.4 Å². The molecule has 3 nitrogen and oxygen atoms in total. The molecule has 1 aromatic heterocycles. The summed E-state index contributed by atoms with van der Waals surface area (Å²) in [4.78, 5) is 0. The summed E-state index contributed by atoms with van der Waals surface area (Å²) in [6.07, 6.45) is 4.62. The number of hydrogen-bond acceptors (Lipinski definition) is 2. The predicted molar refractivity (Wildman–Crippen MR) is 89.6 cm³/mol. The lowest BCUT2D eigenvalue weighted by molar-refractivity contribution is 0.111. The number of rotatable bonds is 4. The Hall–Kier alpha value is -0.540. The summed E-state index contributed by atoms with van der Waals surface area (Å²) < 4.78 is 2.05. The Labute approximate surface area is 134 Å². The van der Waals surface area contributed by atoms with Crippen LogP contribution in [0.1, 0.15) is 58.3 Å². The zero-order valence-electron chi connectivity index (χ0n) is 14.1. The number of halogens is 1. The second-order valence-corrected chi connectivity index (χ2v) is 7.89. The Balaban J connectivity index is 2.21. The Kier molecular flexibility index (Phi) is 5.04. The third kappa shape index (κ3) is 3.45. The van der Waals surface area contributed by atoms with E-state index >= 15 is 0 Å². The molecule has 0 aliphatic heterocycles. The molecule has 0 radical (unpaired) electrons. The van der Waals surface area contributed by atoms with Crippen LogP contribution in [0.25, 0.3) is 0 Å². The van der Waals surface area contributed by atoms with Crippen molar-refractivity contribution in [2.24, 2.45) is 23.0 Å². The van der Waals surface area contributed by atoms with Crippen LogP contribution in [0, 0.1) is 24.2 Å². The van der Waals surface area contributed by atoms with E-state index in [4.69, 9.17) is 17.3 Å². The van der Waals surface area contributed by atoms with E-state index in [0.717, 1.165) is 36.0 Å². The summed E-state index contributed by atoms with van der Waals surface area (Å²) in [6, 6.07) is 0.307. The zero-order valence-corrected chi connectivity index (χ0v) is 14.9. The average molecular weight is 312 g/mol. The molecule has 0 saturated heterocycles. The van der Waals surface area contributed by atoms with Crippen LogP contribution in [-0.4, -0.2) is 15.8 Å². The van der Waals surface area contributed by atoms with Gasteiger partial charge in [-0.2, -0.15) is 5.10 Å². The van der Waals surface area contributed by atoms with Gasteiger partial charge in [0.2, 0.25) is 0 Å². The third-order valence-electron chi connectivity index (χ3n) is 5.24. The lowest BCUT2D eigenvalue weighted by Gasteiger charge is -2.43. The smallest absolute Gasteiger partial charge is 0.0847 e. The molecule has 0 aromatic carbocycles. The van der Waals surface area contributed by atoms with Gasteiger partial charge in [0, 0.05) is 12.6 Å². The molecule has 2 N–H and O–H groups in total. The molecule has 1 saturated carbocycles. The summed E-state index contributed by atoms with van der Waals surface area (Å²) in [6.45, 7) is 12.0. The molecule has 1 fully saturated rings. The van der Waals surface area contributed by atoms with E-state index < -0.39 is 0 Å².